The molecule has 2 aromatic rings. The summed E-state index contributed by atoms with van der Waals surface area (Å²) in [5, 5.41) is 0. The SMILES string of the molecule is C[C@@H]1[C@@H]2Cc3ccc(N)cc3[C@]1(C)CCN2Cc1ccccc1. The number of nitrogens with zero attached hydrogens (tertiary/aromatic N) is 1. The zero-order valence-corrected chi connectivity index (χ0v) is 14.1. The molecule has 0 spiro atoms. The monoisotopic (exact) mass is 306 g/mol. The molecule has 0 saturated carbocycles. The van der Waals surface area contributed by atoms with Gasteiger partial charge in [0.1, 0.15) is 0 Å². The average Bonchev–Trinajstić information content (AvgIpc) is 2.55. The highest BCUT2D eigenvalue weighted by atomic mass is 15.2. The molecular formula is C21H26N2. The maximum Gasteiger partial charge on any atom is 0.0317 e. The molecule has 1 aliphatic carbocycles. The Morgan fingerprint density at radius 2 is 1.96 bits per heavy atom. The molecule has 0 unspecified atom stereocenters. The van der Waals surface area contributed by atoms with Crippen LogP contribution in [0.4, 0.5) is 5.69 Å². The number of nitrogen functional groups attached to an aromatic ring is 1. The van der Waals surface area contributed by atoms with Crippen LogP contribution < -0.4 is 5.73 Å². The van der Waals surface area contributed by atoms with Crippen LogP contribution in [0.15, 0.2) is 48.5 Å². The van der Waals surface area contributed by atoms with Gasteiger partial charge in [0.15, 0.2) is 0 Å². The average molecular weight is 306 g/mol. The van der Waals surface area contributed by atoms with Gasteiger partial charge in [0.25, 0.3) is 0 Å². The largest absolute Gasteiger partial charge is 0.399 e. The molecule has 2 aliphatic rings. The lowest BCUT2D eigenvalue weighted by atomic mass is 9.59. The summed E-state index contributed by atoms with van der Waals surface area (Å²) in [5.74, 6) is 0.661. The zero-order valence-electron chi connectivity index (χ0n) is 14.1. The van der Waals surface area contributed by atoms with Crippen LogP contribution >= 0.6 is 0 Å². The van der Waals surface area contributed by atoms with Crippen molar-refractivity contribution in [3.8, 4) is 0 Å². The third-order valence-corrected chi connectivity index (χ3v) is 6.38. The third-order valence-electron chi connectivity index (χ3n) is 6.38. The van der Waals surface area contributed by atoms with E-state index in [0.29, 0.717) is 12.0 Å². The van der Waals surface area contributed by atoms with Crippen molar-refractivity contribution in [3.05, 3.63) is 65.2 Å². The predicted molar refractivity (Wildman–Crippen MR) is 96.3 cm³/mol. The van der Waals surface area contributed by atoms with Crippen LogP contribution in [-0.4, -0.2) is 17.5 Å². The van der Waals surface area contributed by atoms with Crippen molar-refractivity contribution in [1.82, 2.24) is 4.90 Å². The molecule has 2 heteroatoms. The first kappa shape index (κ1) is 14.8. The molecule has 1 fully saturated rings. The molecule has 1 heterocycles. The van der Waals surface area contributed by atoms with Gasteiger partial charge in [-0.25, -0.2) is 0 Å². The molecule has 2 N–H and O–H groups in total. The fourth-order valence-corrected chi connectivity index (χ4v) is 4.74. The van der Waals surface area contributed by atoms with Crippen LogP contribution in [0, 0.1) is 5.92 Å². The third kappa shape index (κ3) is 2.36. The summed E-state index contributed by atoms with van der Waals surface area (Å²) in [6.45, 7) is 7.13. The van der Waals surface area contributed by atoms with E-state index in [1.54, 1.807) is 0 Å². The van der Waals surface area contributed by atoms with Crippen LogP contribution in [0.1, 0.15) is 37.0 Å². The van der Waals surface area contributed by atoms with Gasteiger partial charge in [-0.05, 0) is 59.5 Å². The molecule has 120 valence electrons. The second-order valence-electron chi connectivity index (χ2n) is 7.60. The first-order valence-electron chi connectivity index (χ1n) is 8.75. The van der Waals surface area contributed by atoms with E-state index in [1.165, 1.54) is 29.7 Å². The minimum Gasteiger partial charge on any atom is -0.399 e. The van der Waals surface area contributed by atoms with Crippen LogP contribution in [0.3, 0.4) is 0 Å². The predicted octanol–water partition coefficient (Wildman–Crippen LogP) is 3.99. The van der Waals surface area contributed by atoms with Crippen molar-refractivity contribution in [2.75, 3.05) is 12.3 Å². The molecule has 3 atom stereocenters. The highest BCUT2D eigenvalue weighted by Gasteiger charge is 2.48. The molecular weight excluding hydrogens is 280 g/mol. The topological polar surface area (TPSA) is 29.3 Å². The van der Waals surface area contributed by atoms with E-state index >= 15 is 0 Å². The van der Waals surface area contributed by atoms with E-state index in [4.69, 9.17) is 5.73 Å². The number of hydrogen-bond acceptors (Lipinski definition) is 2. The summed E-state index contributed by atoms with van der Waals surface area (Å²) in [6.07, 6.45) is 2.37. The Balaban J connectivity index is 1.67. The van der Waals surface area contributed by atoms with Crippen LogP contribution in [0.2, 0.25) is 0 Å². The van der Waals surface area contributed by atoms with E-state index < -0.39 is 0 Å². The summed E-state index contributed by atoms with van der Waals surface area (Å²) in [7, 11) is 0. The molecule has 2 bridgehead atoms. The lowest BCUT2D eigenvalue weighted by molar-refractivity contribution is 0.0259. The van der Waals surface area contributed by atoms with Crippen LogP contribution in [0.5, 0.6) is 0 Å². The van der Waals surface area contributed by atoms with Crippen molar-refractivity contribution in [2.24, 2.45) is 5.92 Å². The van der Waals surface area contributed by atoms with Gasteiger partial charge < -0.3 is 5.73 Å². The quantitative estimate of drug-likeness (QED) is 0.850. The first-order valence-corrected chi connectivity index (χ1v) is 8.75. The summed E-state index contributed by atoms with van der Waals surface area (Å²) in [4.78, 5) is 2.70. The number of likely N-dealkylation sites (tertiary alicyclic amines) is 1. The van der Waals surface area contributed by atoms with Crippen LogP contribution in [0.25, 0.3) is 0 Å². The summed E-state index contributed by atoms with van der Waals surface area (Å²) >= 11 is 0. The van der Waals surface area contributed by atoms with E-state index in [-0.39, 0.29) is 5.41 Å². The Bertz CT molecular complexity index is 709. The minimum absolute atomic E-state index is 0.265. The Labute approximate surface area is 139 Å². The molecule has 0 aromatic heterocycles. The van der Waals surface area contributed by atoms with Gasteiger partial charge in [0.05, 0.1) is 0 Å². The molecule has 2 nitrogen and oxygen atoms in total. The second-order valence-corrected chi connectivity index (χ2v) is 7.60. The normalized spacial score (nSPS) is 30.0. The number of piperidine rings is 1. The van der Waals surface area contributed by atoms with Crippen molar-refractivity contribution < 1.29 is 0 Å². The van der Waals surface area contributed by atoms with E-state index in [0.717, 1.165) is 18.7 Å². The van der Waals surface area contributed by atoms with Gasteiger partial charge >= 0.3 is 0 Å². The van der Waals surface area contributed by atoms with Gasteiger partial charge in [0, 0.05) is 18.3 Å². The number of hydrogen-bond donors (Lipinski definition) is 1. The standard InChI is InChI=1S/C21H26N2/c1-15-20-12-17-8-9-18(22)13-19(17)21(15,2)10-11-23(20)14-16-6-4-3-5-7-16/h3-9,13,15,20H,10-12,14,22H2,1-2H3/t15-,20+,21-/m1/s1. The number of rotatable bonds is 2. The van der Waals surface area contributed by atoms with Gasteiger partial charge in [-0.2, -0.15) is 0 Å². The fraction of sp³-hybridized carbons (Fsp3) is 0.429. The number of benzene rings is 2. The summed E-state index contributed by atoms with van der Waals surface area (Å²) in [5.41, 5.74) is 11.7. The van der Waals surface area contributed by atoms with Crippen molar-refractivity contribution in [3.63, 3.8) is 0 Å². The van der Waals surface area contributed by atoms with Crippen molar-refractivity contribution in [2.45, 2.75) is 44.7 Å². The molecule has 23 heavy (non-hydrogen) atoms. The van der Waals surface area contributed by atoms with E-state index in [2.05, 4.69) is 67.3 Å². The van der Waals surface area contributed by atoms with E-state index in [1.807, 2.05) is 0 Å². The maximum absolute atomic E-state index is 6.07. The molecule has 4 rings (SSSR count). The summed E-state index contributed by atoms with van der Waals surface area (Å²) in [6, 6.07) is 18.1. The van der Waals surface area contributed by atoms with Gasteiger partial charge in [-0.1, -0.05) is 50.2 Å². The van der Waals surface area contributed by atoms with E-state index in [9.17, 15) is 0 Å². The molecule has 1 saturated heterocycles. The van der Waals surface area contributed by atoms with Gasteiger partial charge in [0.2, 0.25) is 0 Å². The number of nitrogens with two attached hydrogens (primary N) is 1. The molecule has 2 aromatic carbocycles. The minimum atomic E-state index is 0.265. The first-order chi connectivity index (χ1) is 11.1. The van der Waals surface area contributed by atoms with Crippen molar-refractivity contribution >= 4 is 5.69 Å². The van der Waals surface area contributed by atoms with Crippen LogP contribution in [-0.2, 0) is 18.4 Å². The fourth-order valence-electron chi connectivity index (χ4n) is 4.74. The zero-order chi connectivity index (χ0) is 16.0. The summed E-state index contributed by atoms with van der Waals surface area (Å²) < 4.78 is 0. The highest BCUT2D eigenvalue weighted by molar-refractivity contribution is 5.50. The lowest BCUT2D eigenvalue weighted by Crippen LogP contribution is -2.57. The smallest absolute Gasteiger partial charge is 0.0317 e. The Morgan fingerprint density at radius 1 is 1.17 bits per heavy atom. The number of fused-ring (bicyclic) bond motifs is 4. The Hall–Kier alpha value is -1.80. The maximum atomic E-state index is 6.07. The highest BCUT2D eigenvalue weighted by Crippen LogP contribution is 2.49. The van der Waals surface area contributed by atoms with Crippen molar-refractivity contribution in [1.29, 1.82) is 0 Å². The molecule has 0 amide bonds. The molecule has 1 aliphatic heterocycles. The molecule has 0 radical (unpaired) electrons. The number of anilines is 1. The van der Waals surface area contributed by atoms with Gasteiger partial charge in [-0.15, -0.1) is 0 Å². The van der Waals surface area contributed by atoms with Gasteiger partial charge in [-0.3, -0.25) is 4.90 Å². The second kappa shape index (κ2) is 5.38. The Morgan fingerprint density at radius 3 is 2.74 bits per heavy atom. The lowest BCUT2D eigenvalue weighted by Gasteiger charge is -2.54. The Kier molecular flexibility index (Phi) is 3.46.